The second-order valence-corrected chi connectivity index (χ2v) is 7.17. The van der Waals surface area contributed by atoms with Crippen LogP contribution in [0.25, 0.3) is 27.7 Å². The van der Waals surface area contributed by atoms with Crippen LogP contribution in [0.5, 0.6) is 0 Å². The molecule has 5 rings (SSSR count). The van der Waals surface area contributed by atoms with Crippen molar-refractivity contribution < 1.29 is 14.6 Å². The normalized spacial score (nSPS) is 12.5. The second-order valence-electron chi connectivity index (χ2n) is 7.17. The Morgan fingerprint density at radius 1 is 1.16 bits per heavy atom. The minimum atomic E-state index is -0.805. The van der Waals surface area contributed by atoms with Gasteiger partial charge in [-0.25, -0.2) is 13.9 Å². The Morgan fingerprint density at radius 3 is 2.87 bits per heavy atom. The number of rotatable bonds is 6. The Kier molecular flexibility index (Phi) is 4.81. The number of aromatic amines is 1. The molecule has 4 aromatic heterocycles. The molecule has 0 unspecified atom stereocenters. The van der Waals surface area contributed by atoms with Crippen LogP contribution in [-0.4, -0.2) is 41.3 Å². The van der Waals surface area contributed by atoms with E-state index in [0.717, 1.165) is 22.7 Å². The number of halogens is 1. The lowest BCUT2D eigenvalue weighted by atomic mass is 10.1. The molecule has 0 fully saturated rings. The highest BCUT2D eigenvalue weighted by Gasteiger charge is 2.16. The number of aromatic nitrogens is 5. The SMILES string of the molecule is OCc1cnn2c(NC[C@H](O)c3c[nH]c4ccccc34)nc(-c3cncc(F)c3)cc12. The van der Waals surface area contributed by atoms with E-state index in [0.29, 0.717) is 28.3 Å². The van der Waals surface area contributed by atoms with E-state index >= 15 is 0 Å². The van der Waals surface area contributed by atoms with Crippen LogP contribution in [0.4, 0.5) is 10.3 Å². The van der Waals surface area contributed by atoms with E-state index in [1.54, 1.807) is 23.0 Å². The molecule has 1 atom stereocenters. The summed E-state index contributed by atoms with van der Waals surface area (Å²) in [6.45, 7) is -0.0329. The van der Waals surface area contributed by atoms with E-state index in [4.69, 9.17) is 0 Å². The van der Waals surface area contributed by atoms with E-state index in [2.05, 4.69) is 25.4 Å². The monoisotopic (exact) mass is 418 g/mol. The summed E-state index contributed by atoms with van der Waals surface area (Å²) < 4.78 is 15.2. The fourth-order valence-corrected chi connectivity index (χ4v) is 3.64. The average Bonchev–Trinajstić information content (AvgIpc) is 3.41. The van der Waals surface area contributed by atoms with E-state index < -0.39 is 11.9 Å². The minimum Gasteiger partial charge on any atom is -0.392 e. The Morgan fingerprint density at radius 2 is 2.03 bits per heavy atom. The minimum absolute atomic E-state index is 0.170. The van der Waals surface area contributed by atoms with Crippen LogP contribution < -0.4 is 5.32 Å². The second kappa shape index (κ2) is 7.78. The van der Waals surface area contributed by atoms with E-state index in [9.17, 15) is 14.6 Å². The van der Waals surface area contributed by atoms with Gasteiger partial charge in [0.05, 0.1) is 36.3 Å². The number of nitrogens with one attached hydrogen (secondary N) is 2. The Hall–Kier alpha value is -3.82. The molecule has 1 aromatic carbocycles. The zero-order valence-corrected chi connectivity index (χ0v) is 16.3. The third-order valence-electron chi connectivity index (χ3n) is 5.19. The molecule has 0 saturated carbocycles. The van der Waals surface area contributed by atoms with Gasteiger partial charge in [0.15, 0.2) is 0 Å². The third-order valence-corrected chi connectivity index (χ3v) is 5.19. The van der Waals surface area contributed by atoms with Crippen molar-refractivity contribution in [3.63, 3.8) is 0 Å². The summed E-state index contributed by atoms with van der Waals surface area (Å²) in [5, 5.41) is 28.8. The molecule has 0 radical (unpaired) electrons. The number of para-hydroxylation sites is 1. The fraction of sp³-hybridized carbons (Fsp3) is 0.136. The molecule has 0 aliphatic carbocycles. The molecule has 4 heterocycles. The molecule has 0 aliphatic heterocycles. The Balaban J connectivity index is 1.50. The van der Waals surface area contributed by atoms with Crippen molar-refractivity contribution in [2.75, 3.05) is 11.9 Å². The molecular formula is C22H19FN6O2. The number of aliphatic hydroxyl groups excluding tert-OH is 2. The van der Waals surface area contributed by atoms with Crippen LogP contribution in [-0.2, 0) is 6.61 Å². The van der Waals surface area contributed by atoms with Crippen molar-refractivity contribution in [3.05, 3.63) is 78.1 Å². The predicted molar refractivity (Wildman–Crippen MR) is 114 cm³/mol. The Labute approximate surface area is 176 Å². The van der Waals surface area contributed by atoms with Gasteiger partial charge in [0.1, 0.15) is 5.82 Å². The highest BCUT2D eigenvalue weighted by atomic mass is 19.1. The molecule has 0 aliphatic rings. The molecule has 5 aromatic rings. The van der Waals surface area contributed by atoms with Gasteiger partial charge in [-0.15, -0.1) is 0 Å². The molecule has 4 N–H and O–H groups in total. The van der Waals surface area contributed by atoms with Gasteiger partial charge in [0.25, 0.3) is 0 Å². The molecular weight excluding hydrogens is 399 g/mol. The maximum atomic E-state index is 13.7. The number of pyridine rings is 1. The maximum absolute atomic E-state index is 13.7. The van der Waals surface area contributed by atoms with Gasteiger partial charge in [0.2, 0.25) is 5.95 Å². The lowest BCUT2D eigenvalue weighted by Gasteiger charge is -2.14. The van der Waals surface area contributed by atoms with Crippen molar-refractivity contribution >= 4 is 22.4 Å². The third kappa shape index (κ3) is 3.49. The van der Waals surface area contributed by atoms with E-state index in [1.807, 2.05) is 24.3 Å². The zero-order valence-electron chi connectivity index (χ0n) is 16.3. The topological polar surface area (TPSA) is 111 Å². The number of anilines is 1. The molecule has 0 bridgehead atoms. The highest BCUT2D eigenvalue weighted by Crippen LogP contribution is 2.26. The van der Waals surface area contributed by atoms with Crippen LogP contribution in [0, 0.1) is 5.82 Å². The van der Waals surface area contributed by atoms with Crippen molar-refractivity contribution in [3.8, 4) is 11.3 Å². The molecule has 9 heteroatoms. The first-order valence-corrected chi connectivity index (χ1v) is 9.71. The summed E-state index contributed by atoms with van der Waals surface area (Å²) in [6, 6.07) is 10.8. The fourth-order valence-electron chi connectivity index (χ4n) is 3.64. The Bertz CT molecular complexity index is 1380. The quantitative estimate of drug-likeness (QED) is 0.337. The lowest BCUT2D eigenvalue weighted by molar-refractivity contribution is 0.193. The van der Waals surface area contributed by atoms with Gasteiger partial charge < -0.3 is 20.5 Å². The lowest BCUT2D eigenvalue weighted by Crippen LogP contribution is -2.16. The predicted octanol–water partition coefficient (Wildman–Crippen LogP) is 3.05. The number of H-pyrrole nitrogens is 1. The number of aliphatic hydroxyl groups is 2. The first kappa shape index (κ1) is 19.2. The number of fused-ring (bicyclic) bond motifs is 2. The van der Waals surface area contributed by atoms with Gasteiger partial charge in [-0.3, -0.25) is 4.98 Å². The van der Waals surface area contributed by atoms with Crippen molar-refractivity contribution in [2.45, 2.75) is 12.7 Å². The van der Waals surface area contributed by atoms with Crippen molar-refractivity contribution in [1.82, 2.24) is 24.6 Å². The van der Waals surface area contributed by atoms with Gasteiger partial charge in [0, 0.05) is 46.5 Å². The number of nitrogens with zero attached hydrogens (tertiary/aromatic N) is 4. The average molecular weight is 418 g/mol. The number of hydrogen-bond acceptors (Lipinski definition) is 6. The summed E-state index contributed by atoms with van der Waals surface area (Å²) in [5.74, 6) is -0.116. The van der Waals surface area contributed by atoms with E-state index in [1.165, 1.54) is 12.3 Å². The standard InChI is InChI=1S/C22H19FN6O2/c23-15-5-13(7-24-9-15)19-6-20-14(12-30)8-27-29(20)22(28-19)26-11-21(31)17-10-25-18-4-2-1-3-16(17)18/h1-10,21,25,30-31H,11-12H2,(H,26,28)/t21-/m0/s1. The summed E-state index contributed by atoms with van der Waals surface area (Å²) in [4.78, 5) is 11.6. The maximum Gasteiger partial charge on any atom is 0.225 e. The largest absolute Gasteiger partial charge is 0.392 e. The van der Waals surface area contributed by atoms with Gasteiger partial charge in [-0.05, 0) is 18.2 Å². The van der Waals surface area contributed by atoms with Gasteiger partial charge >= 0.3 is 0 Å². The summed E-state index contributed by atoms with van der Waals surface area (Å²) >= 11 is 0. The van der Waals surface area contributed by atoms with Gasteiger partial charge in [-0.1, -0.05) is 18.2 Å². The van der Waals surface area contributed by atoms with Crippen molar-refractivity contribution in [1.29, 1.82) is 0 Å². The molecule has 31 heavy (non-hydrogen) atoms. The first-order valence-electron chi connectivity index (χ1n) is 9.71. The van der Waals surface area contributed by atoms with E-state index in [-0.39, 0.29) is 13.2 Å². The van der Waals surface area contributed by atoms with Gasteiger partial charge in [-0.2, -0.15) is 5.10 Å². The van der Waals surface area contributed by atoms with Crippen LogP contribution in [0.2, 0.25) is 0 Å². The summed E-state index contributed by atoms with van der Waals surface area (Å²) in [6.07, 6.45) is 5.16. The zero-order chi connectivity index (χ0) is 21.4. The van der Waals surface area contributed by atoms with Crippen LogP contribution in [0.3, 0.4) is 0 Å². The molecule has 156 valence electrons. The molecule has 0 saturated heterocycles. The molecule has 0 amide bonds. The van der Waals surface area contributed by atoms with Crippen LogP contribution >= 0.6 is 0 Å². The number of hydrogen-bond donors (Lipinski definition) is 4. The molecule has 0 spiro atoms. The smallest absolute Gasteiger partial charge is 0.225 e. The molecule has 8 nitrogen and oxygen atoms in total. The van der Waals surface area contributed by atoms with Crippen molar-refractivity contribution in [2.24, 2.45) is 0 Å². The summed E-state index contributed by atoms with van der Waals surface area (Å²) in [5.41, 5.74) is 3.90. The van der Waals surface area contributed by atoms with Crippen LogP contribution in [0.1, 0.15) is 17.2 Å². The van der Waals surface area contributed by atoms with Crippen LogP contribution in [0.15, 0.2) is 61.2 Å². The first-order chi connectivity index (χ1) is 15.1. The number of benzene rings is 1. The summed E-state index contributed by atoms with van der Waals surface area (Å²) in [7, 11) is 0. The highest BCUT2D eigenvalue weighted by molar-refractivity contribution is 5.83.